The highest BCUT2D eigenvalue weighted by atomic mass is 35.5. The molecule has 9 heteroatoms. The van der Waals surface area contributed by atoms with Crippen LogP contribution in [0.4, 0.5) is 16.2 Å². The van der Waals surface area contributed by atoms with Gasteiger partial charge in [-0.05, 0) is 48.5 Å². The van der Waals surface area contributed by atoms with Crippen LogP contribution in [0.1, 0.15) is 16.8 Å². The highest BCUT2D eigenvalue weighted by Gasteiger charge is 2.40. The average molecular weight is 469 g/mol. The van der Waals surface area contributed by atoms with Crippen LogP contribution >= 0.6 is 11.6 Å². The Morgan fingerprint density at radius 1 is 0.939 bits per heavy atom. The van der Waals surface area contributed by atoms with Gasteiger partial charge in [0.05, 0.1) is 6.10 Å². The van der Waals surface area contributed by atoms with E-state index in [1.165, 1.54) is 4.90 Å². The molecule has 33 heavy (non-hydrogen) atoms. The second-order valence-electron chi connectivity index (χ2n) is 7.95. The summed E-state index contributed by atoms with van der Waals surface area (Å²) in [7, 11) is 1.56. The summed E-state index contributed by atoms with van der Waals surface area (Å²) in [6.45, 7) is 1.51. The monoisotopic (exact) mass is 468 g/mol. The number of carbonyl (C=O) groups is 3. The third-order valence-electron chi connectivity index (χ3n) is 5.76. The Balaban J connectivity index is 1.41. The summed E-state index contributed by atoms with van der Waals surface area (Å²) >= 11 is 5.90. The second kappa shape index (κ2) is 10.1. The maximum Gasteiger partial charge on any atom is 0.322 e. The van der Waals surface area contributed by atoms with Crippen LogP contribution in [-0.4, -0.2) is 66.5 Å². The average Bonchev–Trinajstić information content (AvgIpc) is 3.51. The minimum Gasteiger partial charge on any atom is -0.380 e. The van der Waals surface area contributed by atoms with Crippen molar-refractivity contribution in [3.8, 4) is 0 Å². The van der Waals surface area contributed by atoms with Gasteiger partial charge in [-0.25, -0.2) is 4.79 Å². The largest absolute Gasteiger partial charge is 0.380 e. The van der Waals surface area contributed by atoms with Crippen molar-refractivity contribution in [2.24, 2.45) is 0 Å². The first-order valence-electron chi connectivity index (χ1n) is 10.7. The Hall–Kier alpha value is -3.36. The summed E-state index contributed by atoms with van der Waals surface area (Å²) in [5.74, 6) is -0.370. The third-order valence-corrected chi connectivity index (χ3v) is 6.01. The van der Waals surface area contributed by atoms with Gasteiger partial charge < -0.3 is 25.2 Å². The fourth-order valence-electron chi connectivity index (χ4n) is 3.92. The van der Waals surface area contributed by atoms with Crippen molar-refractivity contribution in [1.82, 2.24) is 9.80 Å². The fraction of sp³-hybridized carbons (Fsp3) is 0.292. The van der Waals surface area contributed by atoms with Gasteiger partial charge in [0.25, 0.3) is 5.91 Å². The second-order valence-corrected chi connectivity index (χ2v) is 8.38. The van der Waals surface area contributed by atoms with E-state index in [1.807, 2.05) is 12.2 Å². The number of nitrogens with zero attached hydrogens (tertiary/aromatic N) is 2. The van der Waals surface area contributed by atoms with Crippen LogP contribution in [0.2, 0.25) is 5.02 Å². The lowest BCUT2D eigenvalue weighted by Gasteiger charge is -2.24. The molecule has 2 aliphatic heterocycles. The minimum absolute atomic E-state index is 0.0540. The Morgan fingerprint density at radius 3 is 2.18 bits per heavy atom. The molecule has 2 aromatic carbocycles. The van der Waals surface area contributed by atoms with E-state index in [1.54, 1.807) is 60.5 Å². The van der Waals surface area contributed by atoms with Gasteiger partial charge in [0.2, 0.25) is 5.91 Å². The summed E-state index contributed by atoms with van der Waals surface area (Å²) in [4.78, 5) is 41.6. The van der Waals surface area contributed by atoms with Crippen molar-refractivity contribution < 1.29 is 19.1 Å². The molecule has 0 unspecified atom stereocenters. The molecular weight excluding hydrogens is 444 g/mol. The minimum atomic E-state index is -0.695. The summed E-state index contributed by atoms with van der Waals surface area (Å²) in [5, 5.41) is 6.21. The molecule has 2 N–H and O–H groups in total. The maximum absolute atomic E-state index is 13.0. The lowest BCUT2D eigenvalue weighted by molar-refractivity contribution is -0.119. The molecule has 0 bridgehead atoms. The van der Waals surface area contributed by atoms with Gasteiger partial charge in [-0.1, -0.05) is 23.8 Å². The van der Waals surface area contributed by atoms with Crippen LogP contribution in [0.3, 0.4) is 0 Å². The van der Waals surface area contributed by atoms with Gasteiger partial charge in [-0.2, -0.15) is 0 Å². The first kappa shape index (κ1) is 22.8. The molecule has 0 aliphatic carbocycles. The molecule has 4 rings (SSSR count). The number of hydrogen-bond acceptors (Lipinski definition) is 4. The summed E-state index contributed by atoms with van der Waals surface area (Å²) in [6.07, 6.45) is 4.05. The zero-order valence-corrected chi connectivity index (χ0v) is 18.9. The van der Waals surface area contributed by atoms with E-state index in [4.69, 9.17) is 16.3 Å². The number of methoxy groups -OCH3 is 1. The molecule has 4 amide bonds. The van der Waals surface area contributed by atoms with Gasteiger partial charge in [-0.3, -0.25) is 9.59 Å². The number of anilines is 2. The van der Waals surface area contributed by atoms with E-state index in [9.17, 15) is 14.4 Å². The normalized spacial score (nSPS) is 19.6. The highest BCUT2D eigenvalue weighted by Crippen LogP contribution is 2.24. The Bertz CT molecular complexity index is 1050. The highest BCUT2D eigenvalue weighted by molar-refractivity contribution is 6.30. The van der Waals surface area contributed by atoms with E-state index in [-0.39, 0.29) is 17.9 Å². The number of amides is 4. The topological polar surface area (TPSA) is 91.0 Å². The molecule has 1 fully saturated rings. The van der Waals surface area contributed by atoms with Crippen molar-refractivity contribution in [3.63, 3.8) is 0 Å². The van der Waals surface area contributed by atoms with E-state index in [0.717, 1.165) is 0 Å². The number of nitrogens with one attached hydrogen (secondary N) is 2. The molecule has 0 aromatic heterocycles. The quantitative estimate of drug-likeness (QED) is 0.656. The van der Waals surface area contributed by atoms with E-state index < -0.39 is 12.1 Å². The van der Waals surface area contributed by atoms with Crippen molar-refractivity contribution >= 4 is 40.8 Å². The van der Waals surface area contributed by atoms with Crippen LogP contribution in [-0.2, 0) is 9.53 Å². The number of ether oxygens (including phenoxy) is 1. The number of urea groups is 1. The zero-order chi connectivity index (χ0) is 23.4. The number of benzene rings is 2. The van der Waals surface area contributed by atoms with E-state index >= 15 is 0 Å². The number of likely N-dealkylation sites (tertiary alicyclic amines) is 1. The van der Waals surface area contributed by atoms with Crippen LogP contribution in [0.25, 0.3) is 0 Å². The SMILES string of the molecule is CO[C@@H]1C[C@H](C(=O)Nc2ccc(C(=O)N3CC=CC3)cc2)N(C(=O)Nc2ccc(Cl)cc2)C1. The summed E-state index contributed by atoms with van der Waals surface area (Å²) in [6, 6.07) is 12.4. The van der Waals surface area contributed by atoms with Crippen LogP contribution < -0.4 is 10.6 Å². The van der Waals surface area contributed by atoms with Crippen molar-refractivity contribution in [2.75, 3.05) is 37.4 Å². The Labute approximate surface area is 197 Å². The molecule has 8 nitrogen and oxygen atoms in total. The molecule has 0 radical (unpaired) electrons. The van der Waals surface area contributed by atoms with Gasteiger partial charge in [0, 0.05) is 55.1 Å². The molecule has 2 heterocycles. The number of hydrogen-bond donors (Lipinski definition) is 2. The molecule has 0 spiro atoms. The molecule has 0 saturated carbocycles. The van der Waals surface area contributed by atoms with Gasteiger partial charge >= 0.3 is 6.03 Å². The molecule has 172 valence electrons. The van der Waals surface area contributed by atoms with Crippen molar-refractivity contribution in [2.45, 2.75) is 18.6 Å². The van der Waals surface area contributed by atoms with Crippen LogP contribution in [0.15, 0.2) is 60.7 Å². The number of rotatable bonds is 5. The first-order chi connectivity index (χ1) is 15.9. The molecule has 2 aromatic rings. The predicted molar refractivity (Wildman–Crippen MR) is 126 cm³/mol. The standard InChI is InChI=1S/C24H25ClN4O4/c1-33-20-14-21(29(15-20)24(32)27-19-10-6-17(25)7-11-19)22(30)26-18-8-4-16(5-9-18)23(31)28-12-2-3-13-28/h2-11,20-21H,12-15H2,1H3,(H,26,30)(H,27,32)/t20-,21-/m1/s1. The Kier molecular flexibility index (Phi) is 6.96. The fourth-order valence-corrected chi connectivity index (χ4v) is 4.04. The van der Waals surface area contributed by atoms with Crippen LogP contribution in [0, 0.1) is 0 Å². The number of halogens is 1. The lowest BCUT2D eigenvalue weighted by Crippen LogP contribution is -2.45. The summed E-state index contributed by atoms with van der Waals surface area (Å²) < 4.78 is 5.41. The molecular formula is C24H25ClN4O4. The number of carbonyl (C=O) groups excluding carboxylic acids is 3. The Morgan fingerprint density at radius 2 is 1.55 bits per heavy atom. The van der Waals surface area contributed by atoms with Crippen LogP contribution in [0.5, 0.6) is 0 Å². The van der Waals surface area contributed by atoms with Gasteiger partial charge in [-0.15, -0.1) is 0 Å². The molecule has 1 saturated heterocycles. The van der Waals surface area contributed by atoms with Crippen molar-refractivity contribution in [1.29, 1.82) is 0 Å². The predicted octanol–water partition coefficient (Wildman–Crippen LogP) is 3.61. The third kappa shape index (κ3) is 5.35. The van der Waals surface area contributed by atoms with E-state index in [2.05, 4.69) is 10.6 Å². The lowest BCUT2D eigenvalue weighted by atomic mass is 10.1. The van der Waals surface area contributed by atoms with E-state index in [0.29, 0.717) is 48.0 Å². The van der Waals surface area contributed by atoms with Gasteiger partial charge in [0.15, 0.2) is 0 Å². The zero-order valence-electron chi connectivity index (χ0n) is 18.2. The molecule has 2 atom stereocenters. The first-order valence-corrected chi connectivity index (χ1v) is 11.0. The van der Waals surface area contributed by atoms with Gasteiger partial charge in [0.1, 0.15) is 6.04 Å². The maximum atomic E-state index is 13.0. The smallest absolute Gasteiger partial charge is 0.322 e. The molecule has 2 aliphatic rings. The summed E-state index contributed by atoms with van der Waals surface area (Å²) in [5.41, 5.74) is 1.69. The van der Waals surface area contributed by atoms with Crippen molar-refractivity contribution in [3.05, 3.63) is 71.3 Å².